The number of hydrogen-bond acceptors (Lipinski definition) is 6. The van der Waals surface area contributed by atoms with Crippen LogP contribution in [0.2, 0.25) is 0 Å². The van der Waals surface area contributed by atoms with Gasteiger partial charge in [0.15, 0.2) is 0 Å². The first-order valence-electron chi connectivity index (χ1n) is 7.97. The molecule has 7 nitrogen and oxygen atoms in total. The molecule has 3 N–H and O–H groups in total. The van der Waals surface area contributed by atoms with E-state index in [1.54, 1.807) is 12.3 Å². The zero-order chi connectivity index (χ0) is 16.5. The molecule has 0 radical (unpaired) electrons. The molecule has 0 amide bonds. The predicted molar refractivity (Wildman–Crippen MR) is 91.3 cm³/mol. The molecule has 0 unspecified atom stereocenters. The van der Waals surface area contributed by atoms with Gasteiger partial charge in [-0.2, -0.15) is 10.4 Å². The highest BCUT2D eigenvalue weighted by atomic mass is 15.2. The van der Waals surface area contributed by atoms with Gasteiger partial charge in [0, 0.05) is 24.5 Å². The van der Waals surface area contributed by atoms with Crippen LogP contribution in [-0.4, -0.2) is 39.3 Å². The molecule has 4 heterocycles. The van der Waals surface area contributed by atoms with Gasteiger partial charge in [-0.1, -0.05) is 6.07 Å². The Kier molecular flexibility index (Phi) is 3.59. The predicted octanol–water partition coefficient (Wildman–Crippen LogP) is 1.82. The highest BCUT2D eigenvalue weighted by Crippen LogP contribution is 2.27. The second-order valence-electron chi connectivity index (χ2n) is 6.03. The summed E-state index contributed by atoms with van der Waals surface area (Å²) in [4.78, 5) is 11.0. The van der Waals surface area contributed by atoms with E-state index in [1.807, 2.05) is 18.2 Å². The number of aromatic nitrogens is 4. The van der Waals surface area contributed by atoms with E-state index in [0.717, 1.165) is 54.0 Å². The highest BCUT2D eigenvalue weighted by Gasteiger charge is 2.19. The Labute approximate surface area is 139 Å². The first-order valence-corrected chi connectivity index (χ1v) is 7.97. The van der Waals surface area contributed by atoms with E-state index in [2.05, 4.69) is 26.2 Å². The summed E-state index contributed by atoms with van der Waals surface area (Å²) >= 11 is 0. The van der Waals surface area contributed by atoms with Crippen molar-refractivity contribution in [2.45, 2.75) is 18.9 Å². The molecule has 4 rings (SSSR count). The van der Waals surface area contributed by atoms with Crippen LogP contribution in [0.25, 0.3) is 22.3 Å². The lowest BCUT2D eigenvalue weighted by Gasteiger charge is -2.31. The largest absolute Gasteiger partial charge is 0.355 e. The molecule has 0 bridgehead atoms. The van der Waals surface area contributed by atoms with Crippen molar-refractivity contribution in [1.82, 2.24) is 20.2 Å². The number of nitriles is 1. The Morgan fingerprint density at radius 1 is 1.38 bits per heavy atom. The molecule has 0 spiro atoms. The van der Waals surface area contributed by atoms with Crippen LogP contribution in [0.15, 0.2) is 30.5 Å². The van der Waals surface area contributed by atoms with E-state index < -0.39 is 0 Å². The third kappa shape index (κ3) is 2.57. The maximum atomic E-state index is 9.06. The summed E-state index contributed by atoms with van der Waals surface area (Å²) in [5, 5.41) is 17.2. The fraction of sp³-hybridized carbons (Fsp3) is 0.294. The number of fused-ring (bicyclic) bond motifs is 1. The second kappa shape index (κ2) is 5.91. The van der Waals surface area contributed by atoms with Gasteiger partial charge >= 0.3 is 0 Å². The van der Waals surface area contributed by atoms with Crippen LogP contribution in [-0.2, 0) is 0 Å². The first kappa shape index (κ1) is 14.6. The Hall–Kier alpha value is -2.98. The zero-order valence-corrected chi connectivity index (χ0v) is 13.1. The fourth-order valence-corrected chi connectivity index (χ4v) is 3.12. The van der Waals surface area contributed by atoms with Crippen LogP contribution in [0.1, 0.15) is 18.5 Å². The molecule has 7 heteroatoms. The summed E-state index contributed by atoms with van der Waals surface area (Å²) in [6.07, 6.45) is 3.76. The average Bonchev–Trinajstić information content (AvgIpc) is 3.05. The van der Waals surface area contributed by atoms with Crippen molar-refractivity contribution in [2.75, 3.05) is 18.0 Å². The van der Waals surface area contributed by atoms with E-state index in [0.29, 0.717) is 5.69 Å². The second-order valence-corrected chi connectivity index (χ2v) is 6.03. The van der Waals surface area contributed by atoms with Gasteiger partial charge < -0.3 is 10.6 Å². The van der Waals surface area contributed by atoms with Crippen molar-refractivity contribution in [3.63, 3.8) is 0 Å². The quantitative estimate of drug-likeness (QED) is 0.746. The number of anilines is 1. The lowest BCUT2D eigenvalue weighted by molar-refractivity contribution is 0.503. The molecule has 3 aromatic rings. The summed E-state index contributed by atoms with van der Waals surface area (Å²) in [6, 6.07) is 9.89. The minimum absolute atomic E-state index is 0.194. The molecule has 1 aliphatic heterocycles. The van der Waals surface area contributed by atoms with Gasteiger partial charge in [-0.25, -0.2) is 9.97 Å². The SMILES string of the molecule is N#Cc1cc2c(-c3cccc(N4CCC[C@@H](N)C4)n3)n[nH]c2cn1. The van der Waals surface area contributed by atoms with Gasteiger partial charge in [0.05, 0.1) is 17.4 Å². The monoisotopic (exact) mass is 319 g/mol. The maximum Gasteiger partial charge on any atom is 0.141 e. The number of nitrogens with two attached hydrogens (primary N) is 1. The van der Waals surface area contributed by atoms with Gasteiger partial charge in [-0.05, 0) is 31.0 Å². The summed E-state index contributed by atoms with van der Waals surface area (Å²) < 4.78 is 0. The van der Waals surface area contributed by atoms with Crippen LogP contribution >= 0.6 is 0 Å². The Morgan fingerprint density at radius 2 is 2.29 bits per heavy atom. The molecule has 0 aliphatic carbocycles. The Balaban J connectivity index is 1.75. The molecule has 3 aromatic heterocycles. The van der Waals surface area contributed by atoms with Gasteiger partial charge in [0.25, 0.3) is 0 Å². The number of nitrogens with zero attached hydrogens (tertiary/aromatic N) is 5. The Morgan fingerprint density at radius 3 is 3.12 bits per heavy atom. The number of hydrogen-bond donors (Lipinski definition) is 2. The van der Waals surface area contributed by atoms with Crippen molar-refractivity contribution < 1.29 is 0 Å². The minimum atomic E-state index is 0.194. The first-order chi connectivity index (χ1) is 11.7. The van der Waals surface area contributed by atoms with Crippen molar-refractivity contribution in [1.29, 1.82) is 5.26 Å². The Bertz CT molecular complexity index is 924. The molecule has 1 aliphatic rings. The lowest BCUT2D eigenvalue weighted by Crippen LogP contribution is -2.43. The number of piperidine rings is 1. The minimum Gasteiger partial charge on any atom is -0.355 e. The van der Waals surface area contributed by atoms with Crippen LogP contribution in [0.5, 0.6) is 0 Å². The van der Waals surface area contributed by atoms with E-state index in [4.69, 9.17) is 16.0 Å². The molecular weight excluding hydrogens is 302 g/mol. The third-order valence-electron chi connectivity index (χ3n) is 4.32. The van der Waals surface area contributed by atoms with Gasteiger partial charge in [0.2, 0.25) is 0 Å². The summed E-state index contributed by atoms with van der Waals surface area (Å²) in [5.41, 5.74) is 8.73. The molecule has 120 valence electrons. The summed E-state index contributed by atoms with van der Waals surface area (Å²) in [5.74, 6) is 0.911. The summed E-state index contributed by atoms with van der Waals surface area (Å²) in [7, 11) is 0. The number of rotatable bonds is 2. The summed E-state index contributed by atoms with van der Waals surface area (Å²) in [6.45, 7) is 1.79. The topological polar surface area (TPSA) is 108 Å². The standard InChI is InChI=1S/C17H17N7/c18-8-12-7-13-15(9-20-12)22-23-17(13)14-4-1-5-16(21-14)24-6-2-3-11(19)10-24/h1,4-5,7,9,11H,2-3,6,10,19H2,(H,22,23)/t11-/m1/s1. The fourth-order valence-electron chi connectivity index (χ4n) is 3.12. The van der Waals surface area contributed by atoms with Gasteiger partial charge in [-0.15, -0.1) is 0 Å². The van der Waals surface area contributed by atoms with Crippen LogP contribution in [0.3, 0.4) is 0 Å². The van der Waals surface area contributed by atoms with Crippen molar-refractivity contribution >= 4 is 16.7 Å². The number of H-pyrrole nitrogens is 1. The van der Waals surface area contributed by atoms with E-state index >= 15 is 0 Å². The highest BCUT2D eigenvalue weighted by molar-refractivity contribution is 5.92. The average molecular weight is 319 g/mol. The van der Waals surface area contributed by atoms with Crippen molar-refractivity contribution in [3.05, 3.63) is 36.2 Å². The molecule has 1 saturated heterocycles. The van der Waals surface area contributed by atoms with E-state index in [9.17, 15) is 0 Å². The van der Waals surface area contributed by atoms with Crippen LogP contribution in [0, 0.1) is 11.3 Å². The molecule has 1 fully saturated rings. The number of nitrogens with one attached hydrogen (secondary N) is 1. The third-order valence-corrected chi connectivity index (χ3v) is 4.32. The maximum absolute atomic E-state index is 9.06. The molecular formula is C17H17N7. The van der Waals surface area contributed by atoms with Gasteiger partial charge in [-0.3, -0.25) is 5.10 Å². The van der Waals surface area contributed by atoms with Crippen molar-refractivity contribution in [2.24, 2.45) is 5.73 Å². The number of aromatic amines is 1. The van der Waals surface area contributed by atoms with E-state index in [-0.39, 0.29) is 6.04 Å². The van der Waals surface area contributed by atoms with E-state index in [1.165, 1.54) is 0 Å². The molecule has 24 heavy (non-hydrogen) atoms. The smallest absolute Gasteiger partial charge is 0.141 e. The molecule has 1 atom stereocenters. The normalized spacial score (nSPS) is 17.8. The zero-order valence-electron chi connectivity index (χ0n) is 13.1. The number of pyridine rings is 2. The molecule has 0 aromatic carbocycles. The lowest BCUT2D eigenvalue weighted by atomic mass is 10.1. The molecule has 0 saturated carbocycles. The van der Waals surface area contributed by atoms with Crippen molar-refractivity contribution in [3.8, 4) is 17.5 Å². The van der Waals surface area contributed by atoms with Gasteiger partial charge in [0.1, 0.15) is 23.3 Å². The van der Waals surface area contributed by atoms with Crippen LogP contribution < -0.4 is 10.6 Å². The van der Waals surface area contributed by atoms with Crippen LogP contribution in [0.4, 0.5) is 5.82 Å².